The average Bonchev–Trinajstić information content (AvgIpc) is 2.15. The number of benzene rings is 1. The summed E-state index contributed by atoms with van der Waals surface area (Å²) in [5.41, 5.74) is 0.178. The second kappa shape index (κ2) is 4.76. The summed E-state index contributed by atoms with van der Waals surface area (Å²) in [7, 11) is -3.26. The maximum atomic E-state index is 11.6. The fraction of sp³-hybridized carbons (Fsp3) is 0.500. The summed E-state index contributed by atoms with van der Waals surface area (Å²) in [6.07, 6.45) is 1.17. The zero-order valence-electron chi connectivity index (χ0n) is 10.6. The summed E-state index contributed by atoms with van der Waals surface area (Å²) in [4.78, 5) is 0.267. The SMILES string of the molecule is CC(C)(C)N(O)Cc1ccccc1S(C)(=O)=O. The van der Waals surface area contributed by atoms with Gasteiger partial charge in [-0.3, -0.25) is 0 Å². The minimum Gasteiger partial charge on any atom is -0.313 e. The highest BCUT2D eigenvalue weighted by atomic mass is 32.2. The number of hydrogen-bond acceptors (Lipinski definition) is 4. The molecule has 0 spiro atoms. The molecule has 1 aromatic carbocycles. The van der Waals surface area contributed by atoms with E-state index in [2.05, 4.69) is 0 Å². The van der Waals surface area contributed by atoms with E-state index in [0.29, 0.717) is 5.56 Å². The van der Waals surface area contributed by atoms with Gasteiger partial charge in [-0.15, -0.1) is 0 Å². The first-order valence-corrected chi connectivity index (χ1v) is 7.26. The fourth-order valence-corrected chi connectivity index (χ4v) is 2.33. The molecule has 1 N–H and O–H groups in total. The molecule has 0 bridgehead atoms. The van der Waals surface area contributed by atoms with E-state index in [1.807, 2.05) is 20.8 Å². The average molecular weight is 257 g/mol. The quantitative estimate of drug-likeness (QED) is 0.842. The smallest absolute Gasteiger partial charge is 0.175 e. The van der Waals surface area contributed by atoms with Gasteiger partial charge >= 0.3 is 0 Å². The summed E-state index contributed by atoms with van der Waals surface area (Å²) in [6, 6.07) is 6.71. The van der Waals surface area contributed by atoms with Gasteiger partial charge in [0, 0.05) is 11.8 Å². The van der Waals surface area contributed by atoms with E-state index in [1.54, 1.807) is 24.3 Å². The third kappa shape index (κ3) is 3.80. The Morgan fingerprint density at radius 3 is 2.24 bits per heavy atom. The zero-order chi connectivity index (χ0) is 13.3. The molecule has 5 heteroatoms. The van der Waals surface area contributed by atoms with Gasteiger partial charge in [0.25, 0.3) is 0 Å². The van der Waals surface area contributed by atoms with Crippen LogP contribution in [0.2, 0.25) is 0 Å². The molecular formula is C12H19NO3S. The van der Waals surface area contributed by atoms with Crippen molar-refractivity contribution in [1.29, 1.82) is 0 Å². The van der Waals surface area contributed by atoms with Crippen molar-refractivity contribution in [2.75, 3.05) is 6.26 Å². The molecule has 0 aromatic heterocycles. The van der Waals surface area contributed by atoms with E-state index in [1.165, 1.54) is 6.26 Å². The molecular weight excluding hydrogens is 238 g/mol. The Morgan fingerprint density at radius 2 is 1.76 bits per heavy atom. The molecule has 17 heavy (non-hydrogen) atoms. The standard InChI is InChI=1S/C12H19NO3S/c1-12(2,3)13(14)9-10-7-5-6-8-11(10)17(4,15)16/h5-8,14H,9H2,1-4H3. The topological polar surface area (TPSA) is 57.6 Å². The number of sulfone groups is 1. The third-order valence-corrected chi connectivity index (χ3v) is 3.66. The van der Waals surface area contributed by atoms with Gasteiger partial charge in [0.1, 0.15) is 0 Å². The van der Waals surface area contributed by atoms with E-state index in [9.17, 15) is 13.6 Å². The first-order chi connectivity index (χ1) is 7.62. The van der Waals surface area contributed by atoms with Crippen LogP contribution < -0.4 is 0 Å². The van der Waals surface area contributed by atoms with Crippen molar-refractivity contribution < 1.29 is 13.6 Å². The van der Waals surface area contributed by atoms with Crippen LogP contribution in [0.4, 0.5) is 0 Å². The molecule has 0 saturated heterocycles. The molecule has 0 aliphatic carbocycles. The summed E-state index contributed by atoms with van der Waals surface area (Å²) < 4.78 is 23.2. The predicted octanol–water partition coefficient (Wildman–Crippen LogP) is 2.08. The summed E-state index contributed by atoms with van der Waals surface area (Å²) >= 11 is 0. The number of hydrogen-bond donors (Lipinski definition) is 1. The van der Waals surface area contributed by atoms with Gasteiger partial charge < -0.3 is 5.21 Å². The van der Waals surface area contributed by atoms with Crippen molar-refractivity contribution in [1.82, 2.24) is 5.06 Å². The molecule has 0 radical (unpaired) electrons. The molecule has 0 amide bonds. The molecule has 0 saturated carbocycles. The molecule has 0 aliphatic rings. The molecule has 1 aromatic rings. The van der Waals surface area contributed by atoms with Crippen molar-refractivity contribution in [2.45, 2.75) is 37.8 Å². The van der Waals surface area contributed by atoms with Crippen LogP contribution in [0.15, 0.2) is 29.2 Å². The van der Waals surface area contributed by atoms with Crippen molar-refractivity contribution >= 4 is 9.84 Å². The summed E-state index contributed by atoms with van der Waals surface area (Å²) in [6.45, 7) is 5.76. The van der Waals surface area contributed by atoms with Crippen LogP contribution in [0.3, 0.4) is 0 Å². The molecule has 1 rings (SSSR count). The maximum Gasteiger partial charge on any atom is 0.175 e. The number of nitrogens with zero attached hydrogens (tertiary/aromatic N) is 1. The van der Waals surface area contributed by atoms with Crippen LogP contribution in [0.1, 0.15) is 26.3 Å². The van der Waals surface area contributed by atoms with Gasteiger partial charge in [-0.05, 0) is 32.4 Å². The van der Waals surface area contributed by atoms with Crippen molar-refractivity contribution in [3.05, 3.63) is 29.8 Å². The molecule has 0 unspecified atom stereocenters. The lowest BCUT2D eigenvalue weighted by Crippen LogP contribution is -2.38. The first kappa shape index (κ1) is 14.2. The second-order valence-electron chi connectivity index (χ2n) is 5.11. The van der Waals surface area contributed by atoms with E-state index in [0.717, 1.165) is 5.06 Å². The Kier molecular flexibility index (Phi) is 3.96. The Balaban J connectivity index is 3.09. The minimum absolute atomic E-state index is 0.187. The van der Waals surface area contributed by atoms with Gasteiger partial charge in [-0.2, -0.15) is 5.06 Å². The van der Waals surface area contributed by atoms with Crippen LogP contribution in [0.25, 0.3) is 0 Å². The zero-order valence-corrected chi connectivity index (χ0v) is 11.5. The van der Waals surface area contributed by atoms with Crippen LogP contribution in [-0.4, -0.2) is 30.5 Å². The number of rotatable bonds is 3. The van der Waals surface area contributed by atoms with Gasteiger partial charge in [-0.1, -0.05) is 18.2 Å². The largest absolute Gasteiger partial charge is 0.313 e. The van der Waals surface area contributed by atoms with E-state index >= 15 is 0 Å². The van der Waals surface area contributed by atoms with Crippen LogP contribution in [-0.2, 0) is 16.4 Å². The monoisotopic (exact) mass is 257 g/mol. The fourth-order valence-electron chi connectivity index (χ4n) is 1.39. The minimum atomic E-state index is -3.26. The molecule has 4 nitrogen and oxygen atoms in total. The Labute approximate surface area is 103 Å². The summed E-state index contributed by atoms with van der Waals surface area (Å²) in [5, 5.41) is 11.0. The molecule has 0 heterocycles. The lowest BCUT2D eigenvalue weighted by molar-refractivity contribution is -0.164. The first-order valence-electron chi connectivity index (χ1n) is 5.37. The van der Waals surface area contributed by atoms with Crippen LogP contribution in [0.5, 0.6) is 0 Å². The summed E-state index contributed by atoms with van der Waals surface area (Å²) in [5.74, 6) is 0. The molecule has 0 aliphatic heterocycles. The van der Waals surface area contributed by atoms with E-state index < -0.39 is 15.4 Å². The maximum absolute atomic E-state index is 11.6. The molecule has 0 fully saturated rings. The van der Waals surface area contributed by atoms with Gasteiger partial charge in [0.2, 0.25) is 0 Å². The third-order valence-electron chi connectivity index (χ3n) is 2.47. The second-order valence-corrected chi connectivity index (χ2v) is 7.09. The van der Waals surface area contributed by atoms with Crippen molar-refractivity contribution in [2.24, 2.45) is 0 Å². The lowest BCUT2D eigenvalue weighted by Gasteiger charge is -2.29. The highest BCUT2D eigenvalue weighted by Gasteiger charge is 2.22. The van der Waals surface area contributed by atoms with E-state index in [4.69, 9.17) is 0 Å². The van der Waals surface area contributed by atoms with Gasteiger partial charge in [0.15, 0.2) is 9.84 Å². The molecule has 0 atom stereocenters. The van der Waals surface area contributed by atoms with Gasteiger partial charge in [0.05, 0.1) is 11.4 Å². The lowest BCUT2D eigenvalue weighted by atomic mass is 10.1. The Morgan fingerprint density at radius 1 is 1.24 bits per heavy atom. The highest BCUT2D eigenvalue weighted by molar-refractivity contribution is 7.90. The molecule has 96 valence electrons. The Bertz CT molecular complexity index is 489. The van der Waals surface area contributed by atoms with Crippen molar-refractivity contribution in [3.63, 3.8) is 0 Å². The number of hydroxylamine groups is 2. The predicted molar refractivity (Wildman–Crippen MR) is 66.6 cm³/mol. The van der Waals surface area contributed by atoms with E-state index in [-0.39, 0.29) is 11.4 Å². The normalized spacial score (nSPS) is 13.1. The van der Waals surface area contributed by atoms with Crippen LogP contribution in [0, 0.1) is 0 Å². The highest BCUT2D eigenvalue weighted by Crippen LogP contribution is 2.20. The van der Waals surface area contributed by atoms with Crippen LogP contribution >= 0.6 is 0 Å². The van der Waals surface area contributed by atoms with Gasteiger partial charge in [-0.25, -0.2) is 8.42 Å². The Hall–Kier alpha value is -0.910. The van der Waals surface area contributed by atoms with Crippen molar-refractivity contribution in [3.8, 4) is 0 Å².